The molecule has 0 unspecified atom stereocenters. The molecule has 0 saturated heterocycles. The van der Waals surface area contributed by atoms with Gasteiger partial charge in [-0.1, -0.05) is 0 Å². The number of aromatic nitrogens is 5. The van der Waals surface area contributed by atoms with Gasteiger partial charge in [-0.15, -0.1) is 0 Å². The van der Waals surface area contributed by atoms with Crippen molar-refractivity contribution in [1.82, 2.24) is 24.3 Å². The molecule has 0 bridgehead atoms. The van der Waals surface area contributed by atoms with E-state index in [2.05, 4.69) is 19.9 Å². The quantitative estimate of drug-likeness (QED) is 0.247. The lowest BCUT2D eigenvalue weighted by atomic mass is 10.1. The van der Waals surface area contributed by atoms with Gasteiger partial charge in [0.2, 0.25) is 0 Å². The summed E-state index contributed by atoms with van der Waals surface area (Å²) in [5.41, 5.74) is 4.73. The number of halogens is 7. The molecule has 0 amide bonds. The summed E-state index contributed by atoms with van der Waals surface area (Å²) in [6, 6.07) is 5.94. The number of hydrogen-bond acceptors (Lipinski definition) is 5. The maximum atomic E-state index is 14.3. The van der Waals surface area contributed by atoms with Crippen LogP contribution in [0.15, 0.2) is 55.0 Å². The molecule has 5 rings (SSSR count). The number of nitrogens with two attached hydrogens (primary N) is 1. The molecule has 2 N–H and O–H groups in total. The molecule has 0 spiro atoms. The Morgan fingerprint density at radius 2 is 1.65 bits per heavy atom. The van der Waals surface area contributed by atoms with E-state index in [0.29, 0.717) is 6.07 Å². The van der Waals surface area contributed by atoms with Crippen molar-refractivity contribution in [3.05, 3.63) is 95.3 Å². The molecule has 0 aliphatic carbocycles. The standard InChI is InChI=1S/C24H13F7N6/c25-12-1-4-17-21(35-19(37(17)10-12)8-13-15(26)2-3-16(27)20(13)28)23-34-9-14(22(32)36-23)11-5-6-33-18(7-11)24(29,30)31/h1-7,9-10H,8H2,(H2,32,34,36). The lowest BCUT2D eigenvalue weighted by Gasteiger charge is -2.09. The van der Waals surface area contributed by atoms with E-state index in [1.165, 1.54) is 22.7 Å². The van der Waals surface area contributed by atoms with E-state index in [-0.39, 0.29) is 39.8 Å². The maximum absolute atomic E-state index is 14.3. The topological polar surface area (TPSA) is 82.0 Å². The van der Waals surface area contributed by atoms with Gasteiger partial charge in [-0.2, -0.15) is 13.2 Å². The monoisotopic (exact) mass is 518 g/mol. The third-order valence-corrected chi connectivity index (χ3v) is 5.54. The minimum atomic E-state index is -4.67. The van der Waals surface area contributed by atoms with Gasteiger partial charge in [-0.05, 0) is 42.0 Å². The molecule has 0 saturated carbocycles. The summed E-state index contributed by atoms with van der Waals surface area (Å²) >= 11 is 0. The van der Waals surface area contributed by atoms with E-state index in [0.717, 1.165) is 30.6 Å². The van der Waals surface area contributed by atoms with Crippen molar-refractivity contribution in [2.45, 2.75) is 12.6 Å². The van der Waals surface area contributed by atoms with Crippen molar-refractivity contribution >= 4 is 11.3 Å². The number of rotatable bonds is 4. The zero-order valence-electron chi connectivity index (χ0n) is 18.4. The summed E-state index contributed by atoms with van der Waals surface area (Å²) in [4.78, 5) is 15.9. The summed E-state index contributed by atoms with van der Waals surface area (Å²) in [7, 11) is 0. The largest absolute Gasteiger partial charge is 0.433 e. The molecule has 0 aliphatic rings. The molecule has 4 aromatic heterocycles. The predicted octanol–water partition coefficient (Wildman–Crippen LogP) is 5.60. The molecule has 1 aromatic carbocycles. The Morgan fingerprint density at radius 1 is 0.892 bits per heavy atom. The third kappa shape index (κ3) is 4.43. The number of fused-ring (bicyclic) bond motifs is 1. The number of imidazole rings is 1. The Bertz CT molecular complexity index is 1660. The predicted molar refractivity (Wildman–Crippen MR) is 118 cm³/mol. The summed E-state index contributed by atoms with van der Waals surface area (Å²) in [5, 5.41) is 0. The lowest BCUT2D eigenvalue weighted by molar-refractivity contribution is -0.141. The summed E-state index contributed by atoms with van der Waals surface area (Å²) in [6.07, 6.45) is -2.03. The van der Waals surface area contributed by atoms with Crippen LogP contribution < -0.4 is 5.73 Å². The number of alkyl halides is 3. The van der Waals surface area contributed by atoms with Crippen LogP contribution in [0.2, 0.25) is 0 Å². The van der Waals surface area contributed by atoms with Crippen LogP contribution in [0, 0.1) is 23.3 Å². The molecule has 37 heavy (non-hydrogen) atoms. The average molecular weight is 518 g/mol. The molecule has 0 atom stereocenters. The van der Waals surface area contributed by atoms with Crippen LogP contribution in [0.25, 0.3) is 28.2 Å². The maximum Gasteiger partial charge on any atom is 0.433 e. The molecule has 6 nitrogen and oxygen atoms in total. The average Bonchev–Trinajstić information content (AvgIpc) is 3.21. The fourth-order valence-electron chi connectivity index (χ4n) is 3.78. The Balaban J connectivity index is 1.60. The number of pyridine rings is 2. The highest BCUT2D eigenvalue weighted by atomic mass is 19.4. The van der Waals surface area contributed by atoms with Crippen molar-refractivity contribution in [2.75, 3.05) is 5.73 Å². The second kappa shape index (κ2) is 8.84. The van der Waals surface area contributed by atoms with Crippen molar-refractivity contribution in [3.8, 4) is 22.6 Å². The number of nitrogens with zero attached hydrogens (tertiary/aromatic N) is 5. The van der Waals surface area contributed by atoms with Gasteiger partial charge >= 0.3 is 6.18 Å². The van der Waals surface area contributed by atoms with E-state index < -0.39 is 47.1 Å². The van der Waals surface area contributed by atoms with Crippen LogP contribution in [-0.4, -0.2) is 24.3 Å². The van der Waals surface area contributed by atoms with Crippen LogP contribution in [0.5, 0.6) is 0 Å². The summed E-state index contributed by atoms with van der Waals surface area (Å²) in [6.45, 7) is 0. The second-order valence-corrected chi connectivity index (χ2v) is 7.90. The molecule has 5 aromatic rings. The molecule has 188 valence electrons. The van der Waals surface area contributed by atoms with Gasteiger partial charge in [0.15, 0.2) is 17.5 Å². The van der Waals surface area contributed by atoms with Gasteiger partial charge in [-0.3, -0.25) is 9.38 Å². The first-order valence-electron chi connectivity index (χ1n) is 10.5. The Hall–Kier alpha value is -4.55. The minimum Gasteiger partial charge on any atom is -0.383 e. The van der Waals surface area contributed by atoms with Crippen LogP contribution in [0.1, 0.15) is 17.1 Å². The van der Waals surface area contributed by atoms with Gasteiger partial charge in [-0.25, -0.2) is 32.5 Å². The van der Waals surface area contributed by atoms with Gasteiger partial charge in [0.1, 0.15) is 34.7 Å². The zero-order valence-corrected chi connectivity index (χ0v) is 18.4. The van der Waals surface area contributed by atoms with Crippen LogP contribution in [-0.2, 0) is 12.6 Å². The highest BCUT2D eigenvalue weighted by Gasteiger charge is 2.32. The lowest BCUT2D eigenvalue weighted by Crippen LogP contribution is -2.08. The third-order valence-electron chi connectivity index (χ3n) is 5.54. The van der Waals surface area contributed by atoms with Crippen molar-refractivity contribution < 1.29 is 30.7 Å². The van der Waals surface area contributed by atoms with E-state index in [9.17, 15) is 30.7 Å². The highest BCUT2D eigenvalue weighted by Crippen LogP contribution is 2.33. The van der Waals surface area contributed by atoms with E-state index >= 15 is 0 Å². The Labute approximate surface area is 203 Å². The fourth-order valence-corrected chi connectivity index (χ4v) is 3.78. The molecular formula is C24H13F7N6. The zero-order chi connectivity index (χ0) is 26.5. The smallest absolute Gasteiger partial charge is 0.383 e. The van der Waals surface area contributed by atoms with Crippen LogP contribution in [0.3, 0.4) is 0 Å². The van der Waals surface area contributed by atoms with E-state index in [1.807, 2.05) is 0 Å². The SMILES string of the molecule is Nc1nc(-c2nc(Cc3c(F)ccc(F)c3F)n3cc(F)ccc23)ncc1-c1ccnc(C(F)(F)F)c1. The summed E-state index contributed by atoms with van der Waals surface area (Å²) < 4.78 is 96.6. The van der Waals surface area contributed by atoms with Gasteiger partial charge in [0, 0.05) is 36.1 Å². The van der Waals surface area contributed by atoms with Gasteiger partial charge in [0.05, 0.1) is 5.52 Å². The number of hydrogen-bond donors (Lipinski definition) is 1. The number of nitrogen functional groups attached to an aromatic ring is 1. The Morgan fingerprint density at radius 3 is 2.38 bits per heavy atom. The highest BCUT2D eigenvalue weighted by molar-refractivity contribution is 5.78. The van der Waals surface area contributed by atoms with Gasteiger partial charge < -0.3 is 5.73 Å². The Kier molecular flexibility index (Phi) is 5.77. The molecule has 13 heteroatoms. The summed E-state index contributed by atoms with van der Waals surface area (Å²) in [5.74, 6) is -4.70. The first kappa shape index (κ1) is 24.2. The molecule has 0 aliphatic heterocycles. The molecule has 4 heterocycles. The molecule has 0 radical (unpaired) electrons. The first-order valence-corrected chi connectivity index (χ1v) is 10.5. The van der Waals surface area contributed by atoms with Crippen molar-refractivity contribution in [3.63, 3.8) is 0 Å². The molecule has 0 fully saturated rings. The molecular weight excluding hydrogens is 505 g/mol. The second-order valence-electron chi connectivity index (χ2n) is 7.90. The fraction of sp³-hybridized carbons (Fsp3) is 0.0833. The normalized spacial score (nSPS) is 11.9. The van der Waals surface area contributed by atoms with Crippen LogP contribution >= 0.6 is 0 Å². The van der Waals surface area contributed by atoms with Gasteiger partial charge in [0.25, 0.3) is 0 Å². The van der Waals surface area contributed by atoms with Crippen molar-refractivity contribution in [2.24, 2.45) is 0 Å². The first-order chi connectivity index (χ1) is 17.5. The van der Waals surface area contributed by atoms with Crippen molar-refractivity contribution in [1.29, 1.82) is 0 Å². The van der Waals surface area contributed by atoms with Crippen LogP contribution in [0.4, 0.5) is 36.6 Å². The van der Waals surface area contributed by atoms with E-state index in [4.69, 9.17) is 5.73 Å². The minimum absolute atomic E-state index is 0.0520. The number of anilines is 1. The van der Waals surface area contributed by atoms with E-state index in [1.54, 1.807) is 0 Å². The number of benzene rings is 1.